The van der Waals surface area contributed by atoms with Crippen LogP contribution in [0.15, 0.2) is 24.5 Å². The van der Waals surface area contributed by atoms with Gasteiger partial charge in [0, 0.05) is 18.7 Å². The second-order valence-electron chi connectivity index (χ2n) is 4.66. The predicted octanol–water partition coefficient (Wildman–Crippen LogP) is 2.34. The van der Waals surface area contributed by atoms with E-state index in [1.807, 2.05) is 12.1 Å². The van der Waals surface area contributed by atoms with E-state index in [9.17, 15) is 0 Å². The molecule has 1 rings (SSSR count). The number of aromatic nitrogens is 1. The maximum atomic E-state index is 5.62. The van der Waals surface area contributed by atoms with Crippen molar-refractivity contribution in [1.82, 2.24) is 10.3 Å². The molecule has 1 heterocycles. The van der Waals surface area contributed by atoms with Crippen molar-refractivity contribution in [1.29, 1.82) is 0 Å². The summed E-state index contributed by atoms with van der Waals surface area (Å²) in [5.41, 5.74) is 0. The van der Waals surface area contributed by atoms with Crippen LogP contribution in [0.4, 0.5) is 0 Å². The summed E-state index contributed by atoms with van der Waals surface area (Å²) in [7, 11) is 0. The highest BCUT2D eigenvalue weighted by atomic mass is 16.5. The molecule has 1 aromatic rings. The summed E-state index contributed by atoms with van der Waals surface area (Å²) in [4.78, 5) is 4.01. The average Bonchev–Trinajstić information content (AvgIpc) is 2.27. The van der Waals surface area contributed by atoms with E-state index in [1.54, 1.807) is 12.4 Å². The summed E-state index contributed by atoms with van der Waals surface area (Å²) in [5.74, 6) is 2.06. The van der Waals surface area contributed by atoms with Gasteiger partial charge in [-0.1, -0.05) is 20.8 Å². The Kier molecular flexibility index (Phi) is 5.86. The van der Waals surface area contributed by atoms with Gasteiger partial charge >= 0.3 is 0 Å². The van der Waals surface area contributed by atoms with E-state index in [0.717, 1.165) is 25.4 Å². The molecular formula is C13H22N2O. The van der Waals surface area contributed by atoms with E-state index in [0.29, 0.717) is 11.8 Å². The van der Waals surface area contributed by atoms with Gasteiger partial charge in [-0.3, -0.25) is 4.98 Å². The van der Waals surface area contributed by atoms with Crippen molar-refractivity contribution in [3.05, 3.63) is 24.5 Å². The predicted molar refractivity (Wildman–Crippen MR) is 66.6 cm³/mol. The van der Waals surface area contributed by atoms with Crippen LogP contribution >= 0.6 is 0 Å². The highest BCUT2D eigenvalue weighted by molar-refractivity contribution is 5.15. The SMILES string of the molecule is CC(C)CNCC(C)COc1cccnc1. The van der Waals surface area contributed by atoms with Crippen LogP contribution in [0.5, 0.6) is 5.75 Å². The van der Waals surface area contributed by atoms with E-state index >= 15 is 0 Å². The summed E-state index contributed by atoms with van der Waals surface area (Å²) in [6, 6.07) is 3.82. The first-order chi connectivity index (χ1) is 7.68. The van der Waals surface area contributed by atoms with Crippen LogP contribution in [-0.2, 0) is 0 Å². The summed E-state index contributed by atoms with van der Waals surface area (Å²) in [6.45, 7) is 9.41. The molecule has 0 bridgehead atoms. The second-order valence-corrected chi connectivity index (χ2v) is 4.66. The quantitative estimate of drug-likeness (QED) is 0.769. The topological polar surface area (TPSA) is 34.1 Å². The molecule has 3 heteroatoms. The summed E-state index contributed by atoms with van der Waals surface area (Å²) in [6.07, 6.45) is 3.49. The van der Waals surface area contributed by atoms with Crippen LogP contribution in [0.2, 0.25) is 0 Å². The van der Waals surface area contributed by atoms with E-state index < -0.39 is 0 Å². The first-order valence-corrected chi connectivity index (χ1v) is 5.92. The lowest BCUT2D eigenvalue weighted by Gasteiger charge is -2.14. The number of rotatable bonds is 7. The minimum absolute atomic E-state index is 0.513. The first kappa shape index (κ1) is 13.0. The van der Waals surface area contributed by atoms with Gasteiger partial charge in [0.2, 0.25) is 0 Å². The third-order valence-corrected chi connectivity index (χ3v) is 2.21. The molecule has 90 valence electrons. The number of hydrogen-bond donors (Lipinski definition) is 1. The standard InChI is InChI=1S/C13H22N2O/c1-11(2)7-15-8-12(3)10-16-13-5-4-6-14-9-13/h4-6,9,11-12,15H,7-8,10H2,1-3H3. The van der Waals surface area contributed by atoms with E-state index in [2.05, 4.69) is 31.1 Å². The zero-order valence-corrected chi connectivity index (χ0v) is 10.4. The summed E-state index contributed by atoms with van der Waals surface area (Å²) in [5, 5.41) is 3.43. The van der Waals surface area contributed by atoms with Crippen LogP contribution in [0.3, 0.4) is 0 Å². The number of pyridine rings is 1. The number of ether oxygens (including phenoxy) is 1. The van der Waals surface area contributed by atoms with E-state index in [4.69, 9.17) is 4.74 Å². The Bertz CT molecular complexity index is 275. The molecule has 0 aliphatic carbocycles. The molecule has 0 fully saturated rings. The van der Waals surface area contributed by atoms with Crippen molar-refractivity contribution < 1.29 is 4.74 Å². The highest BCUT2D eigenvalue weighted by Gasteiger charge is 2.03. The molecule has 0 saturated carbocycles. The van der Waals surface area contributed by atoms with Crippen molar-refractivity contribution in [2.24, 2.45) is 11.8 Å². The van der Waals surface area contributed by atoms with Crippen LogP contribution in [0, 0.1) is 11.8 Å². The lowest BCUT2D eigenvalue weighted by molar-refractivity contribution is 0.253. The Morgan fingerprint density at radius 2 is 2.12 bits per heavy atom. The molecule has 0 amide bonds. The van der Waals surface area contributed by atoms with Gasteiger partial charge in [-0.15, -0.1) is 0 Å². The fraction of sp³-hybridized carbons (Fsp3) is 0.615. The monoisotopic (exact) mass is 222 g/mol. The van der Waals surface area contributed by atoms with Crippen molar-refractivity contribution in [3.8, 4) is 5.75 Å². The first-order valence-electron chi connectivity index (χ1n) is 5.92. The van der Waals surface area contributed by atoms with E-state index in [1.165, 1.54) is 0 Å². The molecule has 3 nitrogen and oxygen atoms in total. The molecular weight excluding hydrogens is 200 g/mol. The largest absolute Gasteiger partial charge is 0.492 e. The Morgan fingerprint density at radius 1 is 1.31 bits per heavy atom. The minimum atomic E-state index is 0.513. The fourth-order valence-electron chi connectivity index (χ4n) is 1.35. The van der Waals surface area contributed by atoms with Crippen molar-refractivity contribution >= 4 is 0 Å². The van der Waals surface area contributed by atoms with Gasteiger partial charge in [0.1, 0.15) is 5.75 Å². The molecule has 0 aliphatic rings. The number of nitrogens with zero attached hydrogens (tertiary/aromatic N) is 1. The second kappa shape index (κ2) is 7.23. The van der Waals surface area contributed by atoms with Gasteiger partial charge < -0.3 is 10.1 Å². The van der Waals surface area contributed by atoms with Crippen LogP contribution in [-0.4, -0.2) is 24.7 Å². The Balaban J connectivity index is 2.13. The molecule has 1 aromatic heterocycles. The zero-order chi connectivity index (χ0) is 11.8. The van der Waals surface area contributed by atoms with Crippen LogP contribution in [0.1, 0.15) is 20.8 Å². The Labute approximate surface area is 98.2 Å². The molecule has 1 unspecified atom stereocenters. The van der Waals surface area contributed by atoms with Gasteiger partial charge in [0.05, 0.1) is 12.8 Å². The van der Waals surface area contributed by atoms with Gasteiger partial charge in [0.25, 0.3) is 0 Å². The van der Waals surface area contributed by atoms with Crippen LogP contribution in [0.25, 0.3) is 0 Å². The summed E-state index contributed by atoms with van der Waals surface area (Å²) >= 11 is 0. The smallest absolute Gasteiger partial charge is 0.137 e. The Hall–Kier alpha value is -1.09. The number of hydrogen-bond acceptors (Lipinski definition) is 3. The van der Waals surface area contributed by atoms with Gasteiger partial charge in [-0.25, -0.2) is 0 Å². The lowest BCUT2D eigenvalue weighted by Crippen LogP contribution is -2.28. The third-order valence-electron chi connectivity index (χ3n) is 2.21. The molecule has 0 aliphatic heterocycles. The van der Waals surface area contributed by atoms with E-state index in [-0.39, 0.29) is 0 Å². The normalized spacial score (nSPS) is 12.8. The highest BCUT2D eigenvalue weighted by Crippen LogP contribution is 2.07. The van der Waals surface area contributed by atoms with Crippen molar-refractivity contribution in [2.45, 2.75) is 20.8 Å². The minimum Gasteiger partial charge on any atom is -0.492 e. The van der Waals surface area contributed by atoms with Gasteiger partial charge in [-0.05, 0) is 24.6 Å². The summed E-state index contributed by atoms with van der Waals surface area (Å²) < 4.78 is 5.62. The Morgan fingerprint density at radius 3 is 2.75 bits per heavy atom. The molecule has 0 radical (unpaired) electrons. The molecule has 16 heavy (non-hydrogen) atoms. The lowest BCUT2D eigenvalue weighted by atomic mass is 10.2. The zero-order valence-electron chi connectivity index (χ0n) is 10.4. The molecule has 1 N–H and O–H groups in total. The number of nitrogens with one attached hydrogen (secondary N) is 1. The maximum absolute atomic E-state index is 5.62. The van der Waals surface area contributed by atoms with Gasteiger partial charge in [-0.2, -0.15) is 0 Å². The molecule has 0 saturated heterocycles. The fourth-order valence-corrected chi connectivity index (χ4v) is 1.35. The third kappa shape index (κ3) is 5.71. The van der Waals surface area contributed by atoms with Crippen molar-refractivity contribution in [2.75, 3.05) is 19.7 Å². The molecule has 0 aromatic carbocycles. The molecule has 0 spiro atoms. The van der Waals surface area contributed by atoms with Crippen LogP contribution < -0.4 is 10.1 Å². The van der Waals surface area contributed by atoms with Crippen molar-refractivity contribution in [3.63, 3.8) is 0 Å². The average molecular weight is 222 g/mol. The van der Waals surface area contributed by atoms with Gasteiger partial charge in [0.15, 0.2) is 0 Å². The molecule has 1 atom stereocenters. The maximum Gasteiger partial charge on any atom is 0.137 e.